The van der Waals surface area contributed by atoms with E-state index in [2.05, 4.69) is 0 Å². The fraction of sp³-hybridized carbons (Fsp3) is 0.130. The lowest BCUT2D eigenvalue weighted by molar-refractivity contribution is -0.137. The maximum Gasteiger partial charge on any atom is 0.418 e. The molecule has 0 unspecified atom stereocenters. The van der Waals surface area contributed by atoms with Crippen LogP contribution in [0.3, 0.4) is 0 Å². The van der Waals surface area contributed by atoms with Crippen molar-refractivity contribution in [1.82, 2.24) is 0 Å². The number of para-hydroxylation sites is 1. The largest absolute Gasteiger partial charge is 0.496 e. The summed E-state index contributed by atoms with van der Waals surface area (Å²) in [5, 5.41) is 0. The molecule has 3 aromatic carbocycles. The summed E-state index contributed by atoms with van der Waals surface area (Å²) in [4.78, 5) is -0.106. The van der Waals surface area contributed by atoms with Crippen molar-refractivity contribution >= 4 is 27.5 Å². The van der Waals surface area contributed by atoms with Gasteiger partial charge in [-0.05, 0) is 35.9 Å². The summed E-state index contributed by atoms with van der Waals surface area (Å²) >= 11 is 0. The van der Waals surface area contributed by atoms with Crippen LogP contribution in [0, 0.1) is 0 Å². The Hall–Kier alpha value is -3.66. The summed E-state index contributed by atoms with van der Waals surface area (Å²) in [6.07, 6.45) is -3.27. The Morgan fingerprint density at radius 2 is 1.64 bits per heavy atom. The van der Waals surface area contributed by atoms with Gasteiger partial charge < -0.3 is 14.2 Å². The van der Waals surface area contributed by atoms with E-state index in [1.165, 1.54) is 49.6 Å². The zero-order chi connectivity index (χ0) is 23.4. The van der Waals surface area contributed by atoms with Gasteiger partial charge in [0.1, 0.15) is 5.75 Å². The van der Waals surface area contributed by atoms with E-state index in [0.717, 1.165) is 12.1 Å². The summed E-state index contributed by atoms with van der Waals surface area (Å²) in [5.74, 6) is 0.930. The van der Waals surface area contributed by atoms with Crippen molar-refractivity contribution < 1.29 is 35.8 Å². The van der Waals surface area contributed by atoms with Crippen LogP contribution >= 0.6 is 0 Å². The average Bonchev–Trinajstić information content (AvgIpc) is 3.24. The highest BCUT2D eigenvalue weighted by Gasteiger charge is 2.42. The fourth-order valence-corrected chi connectivity index (χ4v) is 5.60. The molecule has 0 atom stereocenters. The third kappa shape index (κ3) is 3.37. The number of alkyl halides is 3. The first-order valence-corrected chi connectivity index (χ1v) is 11.2. The van der Waals surface area contributed by atoms with Gasteiger partial charge in [-0.25, -0.2) is 12.7 Å². The SMILES string of the molecule is COc1cc2c(cc1C1=Cc3ccccc3S(=O)(=O)N1c1ccccc1C(F)(F)F)OCO2. The molecular weight excluding hydrogens is 459 g/mol. The molecule has 0 bridgehead atoms. The number of sulfonamides is 1. The predicted octanol–water partition coefficient (Wildman–Crippen LogP) is 5.15. The molecule has 2 aliphatic rings. The average molecular weight is 475 g/mol. The highest BCUT2D eigenvalue weighted by atomic mass is 32.2. The van der Waals surface area contributed by atoms with E-state index in [1.54, 1.807) is 12.1 Å². The zero-order valence-corrected chi connectivity index (χ0v) is 17.9. The molecule has 0 amide bonds. The van der Waals surface area contributed by atoms with Crippen LogP contribution in [-0.4, -0.2) is 22.3 Å². The summed E-state index contributed by atoms with van der Waals surface area (Å²) < 4.78 is 86.1. The van der Waals surface area contributed by atoms with E-state index in [1.807, 2.05) is 0 Å². The number of halogens is 3. The number of fused-ring (bicyclic) bond motifs is 2. The molecule has 33 heavy (non-hydrogen) atoms. The van der Waals surface area contributed by atoms with E-state index in [9.17, 15) is 21.6 Å². The molecule has 6 nitrogen and oxygen atoms in total. The zero-order valence-electron chi connectivity index (χ0n) is 17.1. The van der Waals surface area contributed by atoms with Crippen LogP contribution in [-0.2, 0) is 16.2 Å². The van der Waals surface area contributed by atoms with Gasteiger partial charge in [-0.2, -0.15) is 13.2 Å². The standard InChI is InChI=1S/C23H16F3NO5S/c1-30-19-12-21-20(31-13-32-21)11-15(19)18-10-14-6-2-5-9-22(14)33(28,29)27(18)17-8-4-3-7-16(17)23(24,25)26/h2-12H,13H2,1H3. The Morgan fingerprint density at radius 3 is 2.36 bits per heavy atom. The third-order valence-electron chi connectivity index (χ3n) is 5.35. The number of ether oxygens (including phenoxy) is 3. The van der Waals surface area contributed by atoms with Gasteiger partial charge in [0.15, 0.2) is 11.5 Å². The molecule has 0 fully saturated rings. The van der Waals surface area contributed by atoms with Crippen LogP contribution in [0.5, 0.6) is 17.2 Å². The number of nitrogens with zero attached hydrogens (tertiary/aromatic N) is 1. The molecule has 0 spiro atoms. The topological polar surface area (TPSA) is 65.1 Å². The Balaban J connectivity index is 1.84. The molecule has 2 heterocycles. The monoisotopic (exact) mass is 475 g/mol. The molecule has 0 saturated heterocycles. The van der Waals surface area contributed by atoms with E-state index in [-0.39, 0.29) is 28.7 Å². The van der Waals surface area contributed by atoms with Crippen molar-refractivity contribution in [3.8, 4) is 17.2 Å². The molecular formula is C23H16F3NO5S. The number of hydrogen-bond donors (Lipinski definition) is 0. The van der Waals surface area contributed by atoms with Gasteiger partial charge in [-0.1, -0.05) is 30.3 Å². The molecule has 10 heteroatoms. The summed E-state index contributed by atoms with van der Waals surface area (Å²) in [5.41, 5.74) is -1.05. The maximum atomic E-state index is 13.9. The van der Waals surface area contributed by atoms with E-state index in [4.69, 9.17) is 14.2 Å². The van der Waals surface area contributed by atoms with Crippen molar-refractivity contribution in [3.05, 3.63) is 77.4 Å². The summed E-state index contributed by atoms with van der Waals surface area (Å²) in [6.45, 7) is -0.0389. The molecule has 3 aromatic rings. The van der Waals surface area contributed by atoms with Gasteiger partial charge in [0.2, 0.25) is 6.79 Å². The quantitative estimate of drug-likeness (QED) is 0.524. The Labute approximate surface area is 187 Å². The third-order valence-corrected chi connectivity index (χ3v) is 7.15. The van der Waals surface area contributed by atoms with Crippen molar-refractivity contribution in [1.29, 1.82) is 0 Å². The minimum absolute atomic E-state index is 0.0134. The highest BCUT2D eigenvalue weighted by molar-refractivity contribution is 7.93. The van der Waals surface area contributed by atoms with Crippen LogP contribution < -0.4 is 18.5 Å². The van der Waals surface area contributed by atoms with Gasteiger partial charge in [0.25, 0.3) is 10.0 Å². The fourth-order valence-electron chi connectivity index (χ4n) is 3.90. The summed E-state index contributed by atoms with van der Waals surface area (Å²) in [7, 11) is -3.04. The lowest BCUT2D eigenvalue weighted by Gasteiger charge is -2.33. The highest BCUT2D eigenvalue weighted by Crippen LogP contribution is 2.48. The van der Waals surface area contributed by atoms with Gasteiger partial charge in [-0.3, -0.25) is 0 Å². The molecule has 0 saturated carbocycles. The second-order valence-corrected chi connectivity index (χ2v) is 9.01. The van der Waals surface area contributed by atoms with Crippen LogP contribution in [0.1, 0.15) is 16.7 Å². The van der Waals surface area contributed by atoms with E-state index in [0.29, 0.717) is 21.4 Å². The van der Waals surface area contributed by atoms with E-state index >= 15 is 0 Å². The molecule has 0 N–H and O–H groups in total. The maximum absolute atomic E-state index is 13.9. The van der Waals surface area contributed by atoms with Gasteiger partial charge in [-0.15, -0.1) is 0 Å². The number of benzene rings is 3. The van der Waals surface area contributed by atoms with Crippen LogP contribution in [0.2, 0.25) is 0 Å². The Morgan fingerprint density at radius 1 is 0.970 bits per heavy atom. The molecule has 0 aliphatic carbocycles. The van der Waals surface area contributed by atoms with Crippen molar-refractivity contribution in [2.75, 3.05) is 18.2 Å². The molecule has 170 valence electrons. The van der Waals surface area contributed by atoms with Crippen molar-refractivity contribution in [3.63, 3.8) is 0 Å². The van der Waals surface area contributed by atoms with Gasteiger partial charge >= 0.3 is 6.18 Å². The van der Waals surface area contributed by atoms with Crippen LogP contribution in [0.15, 0.2) is 65.6 Å². The van der Waals surface area contributed by atoms with Crippen molar-refractivity contribution in [2.24, 2.45) is 0 Å². The van der Waals surface area contributed by atoms with E-state index < -0.39 is 27.5 Å². The molecule has 5 rings (SSSR count). The molecule has 0 radical (unpaired) electrons. The minimum atomic E-state index is -4.78. The molecule has 0 aromatic heterocycles. The normalized spacial score (nSPS) is 16.2. The number of anilines is 1. The predicted molar refractivity (Wildman–Crippen MR) is 115 cm³/mol. The summed E-state index contributed by atoms with van der Waals surface area (Å²) in [6, 6.07) is 13.7. The number of methoxy groups -OCH3 is 1. The lowest BCUT2D eigenvalue weighted by Crippen LogP contribution is -2.34. The Bertz CT molecular complexity index is 1400. The van der Waals surface area contributed by atoms with Crippen LogP contribution in [0.4, 0.5) is 18.9 Å². The smallest absolute Gasteiger partial charge is 0.418 e. The second kappa shape index (κ2) is 7.45. The van der Waals surface area contributed by atoms with Crippen LogP contribution in [0.25, 0.3) is 11.8 Å². The number of hydrogen-bond acceptors (Lipinski definition) is 5. The first-order valence-electron chi connectivity index (χ1n) is 9.72. The van der Waals surface area contributed by atoms with Gasteiger partial charge in [0.05, 0.1) is 29.0 Å². The Kier molecular flexibility index (Phi) is 4.78. The first kappa shape index (κ1) is 21.2. The van der Waals surface area contributed by atoms with Gasteiger partial charge in [0, 0.05) is 11.6 Å². The van der Waals surface area contributed by atoms with Crippen molar-refractivity contribution in [2.45, 2.75) is 11.1 Å². The minimum Gasteiger partial charge on any atom is -0.496 e. The number of rotatable bonds is 3. The first-order chi connectivity index (χ1) is 15.7. The lowest BCUT2D eigenvalue weighted by atomic mass is 10.0. The second-order valence-electron chi connectivity index (χ2n) is 7.26. The molecule has 2 aliphatic heterocycles.